The first-order valence-corrected chi connectivity index (χ1v) is 6.96. The Morgan fingerprint density at radius 3 is 2.80 bits per heavy atom. The Hall–Kier alpha value is -1.88. The van der Waals surface area contributed by atoms with Gasteiger partial charge in [-0.15, -0.1) is 0 Å². The standard InChI is InChI=1S/C14H14ClN3O2/c15-11-5-3-9(4-6-11)13(19)16-8-7-12-17-14(20-18-12)10-1-2-10/h3-6,10H,1-2,7-8H2,(H,16,19). The number of carbonyl (C=O) groups excluding carboxylic acids is 1. The second-order valence-corrected chi connectivity index (χ2v) is 5.27. The van der Waals surface area contributed by atoms with Crippen molar-refractivity contribution in [3.05, 3.63) is 46.6 Å². The maximum atomic E-state index is 11.9. The molecule has 1 fully saturated rings. The van der Waals surface area contributed by atoms with Gasteiger partial charge >= 0.3 is 0 Å². The smallest absolute Gasteiger partial charge is 0.251 e. The monoisotopic (exact) mass is 291 g/mol. The van der Waals surface area contributed by atoms with Crippen molar-refractivity contribution < 1.29 is 9.32 Å². The van der Waals surface area contributed by atoms with Crippen LogP contribution in [0.4, 0.5) is 0 Å². The lowest BCUT2D eigenvalue weighted by Gasteiger charge is -2.03. The van der Waals surface area contributed by atoms with Crippen LogP contribution in [0.2, 0.25) is 5.02 Å². The van der Waals surface area contributed by atoms with Gasteiger partial charge in [0.05, 0.1) is 0 Å². The third-order valence-corrected chi connectivity index (χ3v) is 3.40. The zero-order valence-electron chi connectivity index (χ0n) is 10.8. The van der Waals surface area contributed by atoms with E-state index in [2.05, 4.69) is 15.5 Å². The predicted octanol–water partition coefficient (Wildman–Crippen LogP) is 2.57. The van der Waals surface area contributed by atoms with Gasteiger partial charge in [-0.1, -0.05) is 16.8 Å². The molecule has 0 aliphatic heterocycles. The largest absolute Gasteiger partial charge is 0.352 e. The number of hydrogen-bond donors (Lipinski definition) is 1. The Morgan fingerprint density at radius 1 is 1.35 bits per heavy atom. The predicted molar refractivity (Wildman–Crippen MR) is 73.8 cm³/mol. The van der Waals surface area contributed by atoms with Gasteiger partial charge in [0, 0.05) is 29.5 Å². The third kappa shape index (κ3) is 3.17. The number of hydrogen-bond acceptors (Lipinski definition) is 4. The molecule has 1 heterocycles. The quantitative estimate of drug-likeness (QED) is 0.919. The average molecular weight is 292 g/mol. The minimum atomic E-state index is -0.132. The van der Waals surface area contributed by atoms with Crippen LogP contribution in [0.5, 0.6) is 0 Å². The van der Waals surface area contributed by atoms with Crippen LogP contribution in [-0.4, -0.2) is 22.6 Å². The second-order valence-electron chi connectivity index (χ2n) is 4.84. The zero-order valence-corrected chi connectivity index (χ0v) is 11.6. The van der Waals surface area contributed by atoms with Crippen molar-refractivity contribution in [3.63, 3.8) is 0 Å². The van der Waals surface area contributed by atoms with E-state index < -0.39 is 0 Å². The van der Waals surface area contributed by atoms with E-state index in [9.17, 15) is 4.79 Å². The summed E-state index contributed by atoms with van der Waals surface area (Å²) in [6, 6.07) is 6.77. The molecule has 1 aliphatic carbocycles. The lowest BCUT2D eigenvalue weighted by Crippen LogP contribution is -2.25. The Bertz CT molecular complexity index is 605. The van der Waals surface area contributed by atoms with Crippen LogP contribution in [0.3, 0.4) is 0 Å². The van der Waals surface area contributed by atoms with Crippen LogP contribution >= 0.6 is 11.6 Å². The average Bonchev–Trinajstić information content (AvgIpc) is 3.20. The molecule has 0 bridgehead atoms. The summed E-state index contributed by atoms with van der Waals surface area (Å²) in [5.74, 6) is 1.69. The van der Waals surface area contributed by atoms with Crippen molar-refractivity contribution >= 4 is 17.5 Å². The molecule has 5 nitrogen and oxygen atoms in total. The minimum Gasteiger partial charge on any atom is -0.352 e. The van der Waals surface area contributed by atoms with Crippen LogP contribution < -0.4 is 5.32 Å². The van der Waals surface area contributed by atoms with E-state index in [1.165, 1.54) is 0 Å². The van der Waals surface area contributed by atoms with Crippen LogP contribution in [0.15, 0.2) is 28.8 Å². The summed E-state index contributed by atoms with van der Waals surface area (Å²) >= 11 is 5.77. The number of aromatic nitrogens is 2. The molecule has 0 saturated heterocycles. The van der Waals surface area contributed by atoms with E-state index in [1.807, 2.05) is 0 Å². The minimum absolute atomic E-state index is 0.132. The fourth-order valence-electron chi connectivity index (χ4n) is 1.86. The molecule has 0 spiro atoms. The Labute approximate surface area is 121 Å². The van der Waals surface area contributed by atoms with E-state index in [4.69, 9.17) is 16.1 Å². The molecule has 3 rings (SSSR count). The fraction of sp³-hybridized carbons (Fsp3) is 0.357. The van der Waals surface area contributed by atoms with Crippen LogP contribution in [0.1, 0.15) is 40.8 Å². The highest BCUT2D eigenvalue weighted by Crippen LogP contribution is 2.38. The molecule has 1 aromatic carbocycles. The molecule has 0 atom stereocenters. The number of halogens is 1. The summed E-state index contributed by atoms with van der Waals surface area (Å²) in [4.78, 5) is 16.2. The Balaban J connectivity index is 1.48. The molecular formula is C14H14ClN3O2. The van der Waals surface area contributed by atoms with Gasteiger partial charge < -0.3 is 9.84 Å². The molecule has 20 heavy (non-hydrogen) atoms. The second kappa shape index (κ2) is 5.63. The molecule has 1 aliphatic rings. The van der Waals surface area contributed by atoms with Crippen LogP contribution in [-0.2, 0) is 6.42 Å². The third-order valence-electron chi connectivity index (χ3n) is 3.15. The van der Waals surface area contributed by atoms with Crippen molar-refractivity contribution in [2.75, 3.05) is 6.54 Å². The van der Waals surface area contributed by atoms with Crippen molar-refractivity contribution in [2.45, 2.75) is 25.2 Å². The number of amides is 1. The summed E-state index contributed by atoms with van der Waals surface area (Å²) in [5, 5.41) is 7.33. The van der Waals surface area contributed by atoms with E-state index in [0.717, 1.165) is 18.7 Å². The maximum absolute atomic E-state index is 11.9. The van der Waals surface area contributed by atoms with Crippen molar-refractivity contribution in [3.8, 4) is 0 Å². The van der Waals surface area contributed by atoms with Gasteiger partial charge in [-0.2, -0.15) is 4.98 Å². The van der Waals surface area contributed by atoms with Crippen molar-refractivity contribution in [2.24, 2.45) is 0 Å². The summed E-state index contributed by atoms with van der Waals surface area (Å²) in [6.45, 7) is 0.477. The highest BCUT2D eigenvalue weighted by atomic mass is 35.5. The maximum Gasteiger partial charge on any atom is 0.251 e. The Kier molecular flexibility index (Phi) is 3.69. The normalized spacial score (nSPS) is 14.2. The SMILES string of the molecule is O=C(NCCc1noc(C2CC2)n1)c1ccc(Cl)cc1. The molecule has 1 aromatic heterocycles. The van der Waals surface area contributed by atoms with Crippen molar-refractivity contribution in [1.29, 1.82) is 0 Å². The summed E-state index contributed by atoms with van der Waals surface area (Å²) in [6.07, 6.45) is 2.83. The number of carbonyl (C=O) groups is 1. The first-order valence-electron chi connectivity index (χ1n) is 6.58. The van der Waals surface area contributed by atoms with Gasteiger partial charge in [-0.05, 0) is 37.1 Å². The van der Waals surface area contributed by atoms with Gasteiger partial charge in [-0.3, -0.25) is 4.79 Å². The van der Waals surface area contributed by atoms with E-state index in [1.54, 1.807) is 24.3 Å². The molecule has 0 radical (unpaired) electrons. The molecule has 1 saturated carbocycles. The number of benzene rings is 1. The summed E-state index contributed by atoms with van der Waals surface area (Å²) in [5.41, 5.74) is 0.584. The summed E-state index contributed by atoms with van der Waals surface area (Å²) < 4.78 is 5.16. The number of rotatable bonds is 5. The fourth-order valence-corrected chi connectivity index (χ4v) is 1.98. The molecule has 6 heteroatoms. The zero-order chi connectivity index (χ0) is 13.9. The lowest BCUT2D eigenvalue weighted by molar-refractivity contribution is 0.0954. The van der Waals surface area contributed by atoms with Gasteiger partial charge in [-0.25, -0.2) is 0 Å². The highest BCUT2D eigenvalue weighted by Gasteiger charge is 2.29. The van der Waals surface area contributed by atoms with E-state index in [-0.39, 0.29) is 5.91 Å². The lowest BCUT2D eigenvalue weighted by atomic mass is 10.2. The van der Waals surface area contributed by atoms with E-state index >= 15 is 0 Å². The molecule has 1 N–H and O–H groups in total. The summed E-state index contributed by atoms with van der Waals surface area (Å²) in [7, 11) is 0. The van der Waals surface area contributed by atoms with E-state index in [0.29, 0.717) is 35.3 Å². The molecule has 104 valence electrons. The van der Waals surface area contributed by atoms with Crippen molar-refractivity contribution in [1.82, 2.24) is 15.5 Å². The Morgan fingerprint density at radius 2 is 2.10 bits per heavy atom. The van der Waals surface area contributed by atoms with Gasteiger partial charge in [0.25, 0.3) is 5.91 Å². The van der Waals surface area contributed by atoms with Gasteiger partial charge in [0.1, 0.15) is 0 Å². The number of nitrogens with one attached hydrogen (secondary N) is 1. The molecule has 0 unspecified atom stereocenters. The van der Waals surface area contributed by atoms with Gasteiger partial charge in [0.2, 0.25) is 5.89 Å². The highest BCUT2D eigenvalue weighted by molar-refractivity contribution is 6.30. The molecule has 1 amide bonds. The topological polar surface area (TPSA) is 68.0 Å². The molecule has 2 aromatic rings. The first kappa shape index (κ1) is 13.1. The first-order chi connectivity index (χ1) is 9.72. The number of nitrogens with zero attached hydrogens (tertiary/aromatic N) is 2. The van der Waals surface area contributed by atoms with Crippen LogP contribution in [0, 0.1) is 0 Å². The molecular weight excluding hydrogens is 278 g/mol. The van der Waals surface area contributed by atoms with Gasteiger partial charge in [0.15, 0.2) is 5.82 Å². The van der Waals surface area contributed by atoms with Crippen LogP contribution in [0.25, 0.3) is 0 Å².